The van der Waals surface area contributed by atoms with Crippen LogP contribution in [0.1, 0.15) is 79.0 Å². The second-order valence-corrected chi connectivity index (χ2v) is 24.5. The maximum Gasteiger partial charge on any atom is 0.338 e. The molecule has 2 fully saturated rings. The van der Waals surface area contributed by atoms with Gasteiger partial charge in [-0.3, -0.25) is 5.41 Å². The molecule has 0 saturated carbocycles. The van der Waals surface area contributed by atoms with E-state index >= 15 is 0 Å². The summed E-state index contributed by atoms with van der Waals surface area (Å²) in [5.41, 5.74) is 0.655. The Kier molecular flexibility index (Phi) is 20.0. The predicted octanol–water partition coefficient (Wildman–Crippen LogP) is 10.4. The van der Waals surface area contributed by atoms with E-state index < -0.39 is 110 Å². The number of rotatable bonds is 20. The van der Waals surface area contributed by atoms with Crippen molar-refractivity contribution >= 4 is 78.9 Å². The molecule has 0 amide bonds. The molecule has 0 bridgehead atoms. The Hall–Kier alpha value is -6.15. The number of hydrogen-bond donors (Lipinski definition) is 1. The Bertz CT molecular complexity index is 2680. The van der Waals surface area contributed by atoms with E-state index in [9.17, 15) is 24.0 Å². The lowest BCUT2D eigenvalue weighted by molar-refractivity contribution is -0.308. The summed E-state index contributed by atoms with van der Waals surface area (Å²) in [6.45, 7) is 5.51. The van der Waals surface area contributed by atoms with Gasteiger partial charge in [0.25, 0.3) is 3.79 Å². The molecule has 396 valence electrons. The van der Waals surface area contributed by atoms with E-state index in [1.54, 1.807) is 115 Å². The van der Waals surface area contributed by atoms with Crippen LogP contribution in [-0.4, -0.2) is 116 Å². The standard InChI is InChI=1S/C55H56Cl3NO15Si/c1-4-75(5-2,6-3)66-34-42-40(67-47(60)35-22-12-7-13-23-35)32-41(68-48(61)36-24-14-8-15-25-36)52(69-42)65-33-43-44(71-49(62)37-26-16-9-17-27-37)45(72-50(63)38-28-18-10-19-29-38)46(53(70-43)74-54(59)55(56,57)58)73-51(64)39-30-20-11-21-31-39/h7-31,40-46,52-53,59H,4-6,32-34H2,1-3H3. The Morgan fingerprint density at radius 1 is 0.480 bits per heavy atom. The number of benzene rings is 5. The minimum Gasteiger partial charge on any atom is -0.456 e. The molecule has 2 saturated heterocycles. The maximum atomic E-state index is 14.2. The summed E-state index contributed by atoms with van der Waals surface area (Å²) < 4.78 is 60.5. The molecular formula is C55H56Cl3NO15Si. The molecule has 0 aliphatic carbocycles. The number of carbonyl (C=O) groups is 5. The van der Waals surface area contributed by atoms with Gasteiger partial charge < -0.3 is 47.1 Å². The third-order valence-electron chi connectivity index (χ3n) is 12.8. The summed E-state index contributed by atoms with van der Waals surface area (Å²) in [5, 5.41) is 8.61. The predicted molar refractivity (Wildman–Crippen MR) is 278 cm³/mol. The van der Waals surface area contributed by atoms with Crippen LogP contribution < -0.4 is 0 Å². The molecule has 7 rings (SSSR count). The van der Waals surface area contributed by atoms with E-state index in [4.69, 9.17) is 87.3 Å². The van der Waals surface area contributed by atoms with Crippen molar-refractivity contribution in [3.05, 3.63) is 179 Å². The van der Waals surface area contributed by atoms with Crippen molar-refractivity contribution in [2.24, 2.45) is 0 Å². The first-order valence-electron chi connectivity index (χ1n) is 24.3. The Balaban J connectivity index is 1.30. The van der Waals surface area contributed by atoms with Crippen molar-refractivity contribution in [1.82, 2.24) is 0 Å². The van der Waals surface area contributed by atoms with Crippen LogP contribution in [0, 0.1) is 5.41 Å². The van der Waals surface area contributed by atoms with Crippen molar-refractivity contribution in [2.75, 3.05) is 13.2 Å². The van der Waals surface area contributed by atoms with Gasteiger partial charge in [0.15, 0.2) is 32.9 Å². The van der Waals surface area contributed by atoms with Crippen molar-refractivity contribution in [3.63, 3.8) is 0 Å². The van der Waals surface area contributed by atoms with Crippen molar-refractivity contribution in [1.29, 1.82) is 5.41 Å². The third-order valence-corrected chi connectivity index (χ3v) is 17.9. The van der Waals surface area contributed by atoms with E-state index in [1.165, 1.54) is 36.4 Å². The Labute approximate surface area is 450 Å². The molecule has 1 N–H and O–H groups in total. The fraction of sp³-hybridized carbons (Fsp3) is 0.345. The van der Waals surface area contributed by atoms with Crippen LogP contribution in [0.15, 0.2) is 152 Å². The minimum absolute atomic E-state index is 0.0358. The molecule has 0 spiro atoms. The highest BCUT2D eigenvalue weighted by Crippen LogP contribution is 2.37. The van der Waals surface area contributed by atoms with Gasteiger partial charge in [-0.15, -0.1) is 0 Å². The molecule has 0 aromatic heterocycles. The van der Waals surface area contributed by atoms with Gasteiger partial charge in [0.1, 0.15) is 18.3 Å². The smallest absolute Gasteiger partial charge is 0.338 e. The summed E-state index contributed by atoms with van der Waals surface area (Å²) in [7, 11) is -2.32. The normalized spacial score (nSPS) is 22.7. The van der Waals surface area contributed by atoms with Gasteiger partial charge in [0.2, 0.25) is 18.3 Å². The summed E-state index contributed by atoms with van der Waals surface area (Å²) in [5.74, 6) is -5.23. The Morgan fingerprint density at radius 2 is 0.840 bits per heavy atom. The van der Waals surface area contributed by atoms with Crippen LogP contribution in [-0.2, 0) is 47.1 Å². The number of ether oxygens (including phenoxy) is 9. The van der Waals surface area contributed by atoms with E-state index in [-0.39, 0.29) is 40.8 Å². The zero-order valence-electron chi connectivity index (χ0n) is 41.1. The van der Waals surface area contributed by atoms with Gasteiger partial charge in [-0.25, -0.2) is 24.0 Å². The van der Waals surface area contributed by atoms with E-state index in [1.807, 2.05) is 0 Å². The monoisotopic (exact) mass is 1100 g/mol. The number of carbonyl (C=O) groups excluding carboxylic acids is 5. The second-order valence-electron chi connectivity index (χ2n) is 17.5. The average molecular weight is 1110 g/mol. The van der Waals surface area contributed by atoms with E-state index in [0.717, 1.165) is 18.1 Å². The molecule has 5 aromatic carbocycles. The minimum atomic E-state index is -2.49. The first-order valence-corrected chi connectivity index (χ1v) is 28.0. The molecule has 9 atom stereocenters. The topological polar surface area (TPSA) is 201 Å². The zero-order valence-corrected chi connectivity index (χ0v) is 44.4. The van der Waals surface area contributed by atoms with Crippen LogP contribution in [0.5, 0.6) is 0 Å². The van der Waals surface area contributed by atoms with Crippen LogP contribution in [0.4, 0.5) is 0 Å². The highest BCUT2D eigenvalue weighted by Gasteiger charge is 2.56. The number of alkyl halides is 3. The summed E-state index contributed by atoms with van der Waals surface area (Å²) in [6.07, 6.45) is -13.9. The SMILES string of the molecule is CC[Si](CC)(CC)OCC1OC(OCC2OC(OC(=N)C(Cl)(Cl)Cl)C(OC(=O)c3ccccc3)C(OC(=O)c3ccccc3)C2OC(=O)c2ccccc2)C(OC(=O)c2ccccc2)CC1OC(=O)c1ccccc1. The van der Waals surface area contributed by atoms with E-state index in [2.05, 4.69) is 20.8 Å². The lowest BCUT2D eigenvalue weighted by Crippen LogP contribution is -2.64. The van der Waals surface area contributed by atoms with Crippen molar-refractivity contribution in [3.8, 4) is 0 Å². The molecule has 0 radical (unpaired) electrons. The number of halogens is 3. The van der Waals surface area contributed by atoms with Gasteiger partial charge in [-0.2, -0.15) is 0 Å². The lowest BCUT2D eigenvalue weighted by atomic mass is 9.97. The van der Waals surface area contributed by atoms with E-state index in [0.29, 0.717) is 0 Å². The fourth-order valence-electron chi connectivity index (χ4n) is 8.41. The van der Waals surface area contributed by atoms with Crippen LogP contribution in [0.25, 0.3) is 0 Å². The number of nitrogens with one attached hydrogen (secondary N) is 1. The molecule has 2 heterocycles. The fourth-order valence-corrected chi connectivity index (χ4v) is 11.2. The average Bonchev–Trinajstić information content (AvgIpc) is 3.44. The molecule has 20 heteroatoms. The maximum absolute atomic E-state index is 14.2. The summed E-state index contributed by atoms with van der Waals surface area (Å²) >= 11 is 18.4. The molecule has 16 nitrogen and oxygen atoms in total. The van der Waals surface area contributed by atoms with Crippen molar-refractivity contribution in [2.45, 2.75) is 104 Å². The zero-order chi connectivity index (χ0) is 53.5. The number of esters is 5. The van der Waals surface area contributed by atoms with Gasteiger partial charge in [0, 0.05) is 6.42 Å². The quantitative estimate of drug-likeness (QED) is 0.0192. The van der Waals surface area contributed by atoms with Crippen LogP contribution in [0.3, 0.4) is 0 Å². The lowest BCUT2D eigenvalue weighted by Gasteiger charge is -2.45. The van der Waals surface area contributed by atoms with Crippen LogP contribution >= 0.6 is 34.8 Å². The number of hydrogen-bond acceptors (Lipinski definition) is 16. The molecular weight excluding hydrogens is 1050 g/mol. The van der Waals surface area contributed by atoms with Gasteiger partial charge in [0.05, 0.1) is 41.0 Å². The molecule has 5 aromatic rings. The summed E-state index contributed by atoms with van der Waals surface area (Å²) in [6, 6.07) is 42.4. The highest BCUT2D eigenvalue weighted by molar-refractivity contribution is 6.76. The largest absolute Gasteiger partial charge is 0.456 e. The Morgan fingerprint density at radius 3 is 1.24 bits per heavy atom. The first kappa shape index (κ1) is 56.6. The van der Waals surface area contributed by atoms with Gasteiger partial charge in [-0.1, -0.05) is 147 Å². The first-order chi connectivity index (χ1) is 36.1. The van der Waals surface area contributed by atoms with Gasteiger partial charge in [-0.05, 0) is 78.8 Å². The van der Waals surface area contributed by atoms with Crippen molar-refractivity contribution < 1.29 is 71.0 Å². The molecule has 2 aliphatic heterocycles. The molecule has 75 heavy (non-hydrogen) atoms. The third kappa shape index (κ3) is 15.0. The highest BCUT2D eigenvalue weighted by atomic mass is 35.6. The van der Waals surface area contributed by atoms with Gasteiger partial charge >= 0.3 is 29.8 Å². The molecule has 9 unspecified atom stereocenters. The summed E-state index contributed by atoms with van der Waals surface area (Å²) in [4.78, 5) is 70.0. The second kappa shape index (κ2) is 26.6. The van der Waals surface area contributed by atoms with Crippen LogP contribution in [0.2, 0.25) is 18.1 Å². The molecule has 2 aliphatic rings.